The second-order valence-corrected chi connectivity index (χ2v) is 11.3. The maximum Gasteiger partial charge on any atom is 0.233 e. The second kappa shape index (κ2) is 10.8. The molecule has 172 valence electrons. The lowest BCUT2D eigenvalue weighted by molar-refractivity contribution is -0.118. The number of benzene rings is 2. The van der Waals surface area contributed by atoms with Gasteiger partial charge in [0.05, 0.1) is 16.0 Å². The third-order valence-corrected chi connectivity index (χ3v) is 8.27. The molecule has 0 aliphatic rings. The van der Waals surface area contributed by atoms with E-state index in [-0.39, 0.29) is 17.2 Å². The van der Waals surface area contributed by atoms with Gasteiger partial charge in [0.15, 0.2) is 15.0 Å². The van der Waals surface area contributed by atoms with E-state index in [2.05, 4.69) is 23.7 Å². The molecule has 0 saturated carbocycles. The Kier molecular flexibility index (Phi) is 8.32. The molecule has 0 bridgehead atoms. The number of anilines is 1. The monoisotopic (exact) mass is 491 g/mol. The van der Waals surface area contributed by atoms with Gasteiger partial charge >= 0.3 is 0 Å². The quantitative estimate of drug-likeness (QED) is 0.393. The molecule has 9 heteroatoms. The standard InChI is InChI=1S/C23H29N3O3S3/c1-5-25(6-2)14-15-26(21(27)16-17-10-12-18(30-3)13-11-17)23-24-22-19(31-23)8-7-9-20(22)32(4,28)29/h7-13H,5-6,14-16H2,1-4H3. The smallest absolute Gasteiger partial charge is 0.233 e. The van der Waals surface area contributed by atoms with Crippen molar-refractivity contribution < 1.29 is 13.2 Å². The van der Waals surface area contributed by atoms with Gasteiger partial charge in [0.2, 0.25) is 5.91 Å². The molecule has 0 saturated heterocycles. The Morgan fingerprint density at radius 1 is 1.06 bits per heavy atom. The number of carbonyl (C=O) groups is 1. The Hall–Kier alpha value is -1.94. The first-order valence-electron chi connectivity index (χ1n) is 10.5. The molecular weight excluding hydrogens is 462 g/mol. The first kappa shape index (κ1) is 24.7. The van der Waals surface area contributed by atoms with E-state index in [0.717, 1.165) is 34.8 Å². The summed E-state index contributed by atoms with van der Waals surface area (Å²) in [5.74, 6) is -0.0472. The highest BCUT2D eigenvalue weighted by molar-refractivity contribution is 7.98. The predicted octanol–water partition coefficient (Wildman–Crippen LogP) is 4.34. The molecule has 0 fully saturated rings. The number of likely N-dealkylation sites (N-methyl/N-ethyl adjacent to an activating group) is 1. The van der Waals surface area contributed by atoms with Crippen LogP contribution in [0.5, 0.6) is 0 Å². The summed E-state index contributed by atoms with van der Waals surface area (Å²) in [6.07, 6.45) is 3.47. The maximum atomic E-state index is 13.4. The van der Waals surface area contributed by atoms with E-state index in [9.17, 15) is 13.2 Å². The molecule has 1 heterocycles. The van der Waals surface area contributed by atoms with Crippen molar-refractivity contribution in [3.8, 4) is 0 Å². The highest BCUT2D eigenvalue weighted by Gasteiger charge is 2.23. The molecule has 0 aliphatic carbocycles. The van der Waals surface area contributed by atoms with Gasteiger partial charge in [0.1, 0.15) is 5.52 Å². The highest BCUT2D eigenvalue weighted by Crippen LogP contribution is 2.33. The van der Waals surface area contributed by atoms with Gasteiger partial charge in [-0.1, -0.05) is 43.4 Å². The van der Waals surface area contributed by atoms with Gasteiger partial charge in [0.25, 0.3) is 0 Å². The fraction of sp³-hybridized carbons (Fsp3) is 0.391. The third kappa shape index (κ3) is 5.89. The van der Waals surface area contributed by atoms with E-state index >= 15 is 0 Å². The predicted molar refractivity (Wildman–Crippen MR) is 135 cm³/mol. The SMILES string of the molecule is CCN(CC)CCN(C(=O)Cc1ccc(SC)cc1)c1nc2c(S(C)(=O)=O)cccc2s1. The van der Waals surface area contributed by atoms with E-state index in [1.54, 1.807) is 28.8 Å². The Balaban J connectivity index is 1.95. The molecule has 32 heavy (non-hydrogen) atoms. The number of thioether (sulfide) groups is 1. The number of hydrogen-bond acceptors (Lipinski definition) is 7. The zero-order valence-electron chi connectivity index (χ0n) is 18.9. The Morgan fingerprint density at radius 2 is 1.75 bits per heavy atom. The van der Waals surface area contributed by atoms with Crippen molar-refractivity contribution in [2.24, 2.45) is 0 Å². The van der Waals surface area contributed by atoms with Crippen LogP contribution in [0.25, 0.3) is 10.2 Å². The van der Waals surface area contributed by atoms with Crippen LogP contribution in [0.1, 0.15) is 19.4 Å². The lowest BCUT2D eigenvalue weighted by atomic mass is 10.1. The first-order chi connectivity index (χ1) is 15.3. The van der Waals surface area contributed by atoms with Gasteiger partial charge < -0.3 is 4.90 Å². The van der Waals surface area contributed by atoms with Crippen molar-refractivity contribution in [1.82, 2.24) is 9.88 Å². The maximum absolute atomic E-state index is 13.4. The number of fused-ring (bicyclic) bond motifs is 1. The third-order valence-electron chi connectivity index (χ3n) is 5.35. The molecule has 0 atom stereocenters. The van der Waals surface area contributed by atoms with E-state index in [0.29, 0.717) is 17.2 Å². The number of aromatic nitrogens is 1. The van der Waals surface area contributed by atoms with Crippen LogP contribution in [0.4, 0.5) is 5.13 Å². The summed E-state index contributed by atoms with van der Waals surface area (Å²) in [5, 5.41) is 0.536. The fourth-order valence-electron chi connectivity index (χ4n) is 3.45. The Labute approximate surface area is 198 Å². The second-order valence-electron chi connectivity index (χ2n) is 7.47. The minimum atomic E-state index is -3.42. The van der Waals surface area contributed by atoms with Crippen LogP contribution < -0.4 is 4.90 Å². The normalized spacial score (nSPS) is 11.9. The number of para-hydroxylation sites is 1. The summed E-state index contributed by atoms with van der Waals surface area (Å²) in [7, 11) is -3.42. The van der Waals surface area contributed by atoms with Crippen LogP contribution in [0.2, 0.25) is 0 Å². The minimum absolute atomic E-state index is 0.0472. The van der Waals surface area contributed by atoms with E-state index in [1.165, 1.54) is 17.6 Å². The lowest BCUT2D eigenvalue weighted by Gasteiger charge is -2.24. The summed E-state index contributed by atoms with van der Waals surface area (Å²) in [6, 6.07) is 13.1. The van der Waals surface area contributed by atoms with Crippen molar-refractivity contribution in [1.29, 1.82) is 0 Å². The van der Waals surface area contributed by atoms with Gasteiger partial charge in [-0.15, -0.1) is 11.8 Å². The molecule has 3 aromatic rings. The zero-order valence-corrected chi connectivity index (χ0v) is 21.3. The van der Waals surface area contributed by atoms with E-state index in [4.69, 9.17) is 0 Å². The Morgan fingerprint density at radius 3 is 2.34 bits per heavy atom. The van der Waals surface area contributed by atoms with Crippen LogP contribution >= 0.6 is 23.1 Å². The summed E-state index contributed by atoms with van der Waals surface area (Å²) >= 11 is 3.02. The van der Waals surface area contributed by atoms with Crippen LogP contribution in [0.15, 0.2) is 52.3 Å². The summed E-state index contributed by atoms with van der Waals surface area (Å²) in [5.41, 5.74) is 1.37. The minimum Gasteiger partial charge on any atom is -0.302 e. The van der Waals surface area contributed by atoms with Gasteiger partial charge in [-0.2, -0.15) is 0 Å². The number of thiazole rings is 1. The number of rotatable bonds is 10. The molecular formula is C23H29N3O3S3. The average Bonchev–Trinajstić information content (AvgIpc) is 3.20. The molecule has 0 radical (unpaired) electrons. The van der Waals surface area contributed by atoms with Gasteiger partial charge in [-0.25, -0.2) is 13.4 Å². The first-order valence-corrected chi connectivity index (χ1v) is 14.4. The molecule has 1 aromatic heterocycles. The molecule has 2 aromatic carbocycles. The fourth-order valence-corrected chi connectivity index (χ4v) is 5.79. The Bertz CT molecular complexity index is 1170. The largest absolute Gasteiger partial charge is 0.302 e. The zero-order chi connectivity index (χ0) is 23.3. The van der Waals surface area contributed by atoms with Gasteiger partial charge in [0, 0.05) is 24.2 Å². The van der Waals surface area contributed by atoms with Crippen molar-refractivity contribution in [3.05, 3.63) is 48.0 Å². The number of nitrogens with zero attached hydrogens (tertiary/aromatic N) is 3. The average molecular weight is 492 g/mol. The van der Waals surface area contributed by atoms with E-state index < -0.39 is 9.84 Å². The van der Waals surface area contributed by atoms with Crippen LogP contribution in [0, 0.1) is 0 Å². The topological polar surface area (TPSA) is 70.6 Å². The van der Waals surface area contributed by atoms with Crippen LogP contribution in [0.3, 0.4) is 0 Å². The molecule has 0 aliphatic heterocycles. The molecule has 6 nitrogen and oxygen atoms in total. The number of carbonyl (C=O) groups excluding carboxylic acids is 1. The molecule has 0 unspecified atom stereocenters. The van der Waals surface area contributed by atoms with Gasteiger partial charge in [-0.3, -0.25) is 9.69 Å². The molecule has 1 amide bonds. The molecule has 0 spiro atoms. The summed E-state index contributed by atoms with van der Waals surface area (Å²) in [4.78, 5) is 23.3. The van der Waals surface area contributed by atoms with Crippen molar-refractivity contribution in [3.63, 3.8) is 0 Å². The van der Waals surface area contributed by atoms with Crippen molar-refractivity contribution >= 4 is 54.2 Å². The number of sulfone groups is 1. The molecule has 3 rings (SSSR count). The van der Waals surface area contributed by atoms with Crippen molar-refractivity contribution in [2.75, 3.05) is 43.6 Å². The number of amides is 1. The van der Waals surface area contributed by atoms with Crippen LogP contribution in [-0.2, 0) is 21.1 Å². The summed E-state index contributed by atoms with van der Waals surface area (Å²) < 4.78 is 25.2. The van der Waals surface area contributed by atoms with Crippen molar-refractivity contribution in [2.45, 2.75) is 30.1 Å². The lowest BCUT2D eigenvalue weighted by Crippen LogP contribution is -2.39. The van der Waals surface area contributed by atoms with Crippen LogP contribution in [-0.4, -0.2) is 62.9 Å². The van der Waals surface area contributed by atoms with Gasteiger partial charge in [-0.05, 0) is 49.2 Å². The number of hydrogen-bond donors (Lipinski definition) is 0. The molecule has 0 N–H and O–H groups in total. The summed E-state index contributed by atoms with van der Waals surface area (Å²) in [6.45, 7) is 7.20. The van der Waals surface area contributed by atoms with E-state index in [1.807, 2.05) is 36.6 Å². The highest BCUT2D eigenvalue weighted by atomic mass is 32.2.